The zero-order valence-electron chi connectivity index (χ0n) is 6.00. The average molecular weight is 231 g/mol. The Labute approximate surface area is 78.3 Å². The summed E-state index contributed by atoms with van der Waals surface area (Å²) in [6, 6.07) is 5.61. The molecule has 0 N–H and O–H groups in total. The zero-order chi connectivity index (χ0) is 8.27. The van der Waals surface area contributed by atoms with Gasteiger partial charge in [0, 0.05) is 14.9 Å². The number of aldehydes is 1. The third-order valence-corrected chi connectivity index (χ3v) is 2.61. The van der Waals surface area contributed by atoms with Gasteiger partial charge in [0.05, 0.1) is 0 Å². The third-order valence-electron chi connectivity index (χ3n) is 1.32. The van der Waals surface area contributed by atoms with Gasteiger partial charge in [-0.1, -0.05) is 15.9 Å². The molecule has 0 amide bonds. The zero-order valence-corrected chi connectivity index (χ0v) is 8.41. The molecule has 11 heavy (non-hydrogen) atoms. The standard InChI is InChI=1S/C8H7BrOS/c1-11-8-4-7(9)3-2-6(8)5-10/h2-5H,1H3. The molecule has 58 valence electrons. The predicted molar refractivity (Wildman–Crippen MR) is 51.3 cm³/mol. The van der Waals surface area contributed by atoms with E-state index in [1.54, 1.807) is 11.8 Å². The molecular weight excluding hydrogens is 224 g/mol. The van der Waals surface area contributed by atoms with Crippen LogP contribution in [-0.4, -0.2) is 12.5 Å². The highest BCUT2D eigenvalue weighted by molar-refractivity contribution is 9.10. The summed E-state index contributed by atoms with van der Waals surface area (Å²) in [5, 5.41) is 0. The van der Waals surface area contributed by atoms with Crippen LogP contribution in [0.4, 0.5) is 0 Å². The Kier molecular flexibility index (Phi) is 3.15. The maximum Gasteiger partial charge on any atom is 0.151 e. The quantitative estimate of drug-likeness (QED) is 0.574. The van der Waals surface area contributed by atoms with Crippen LogP contribution in [0.3, 0.4) is 0 Å². The molecule has 0 saturated carbocycles. The number of halogens is 1. The van der Waals surface area contributed by atoms with E-state index in [1.807, 2.05) is 24.5 Å². The molecule has 0 unspecified atom stereocenters. The molecule has 0 atom stereocenters. The summed E-state index contributed by atoms with van der Waals surface area (Å²) in [5.41, 5.74) is 0.751. The van der Waals surface area contributed by atoms with Gasteiger partial charge in [0.2, 0.25) is 0 Å². The Morgan fingerprint density at radius 2 is 2.27 bits per heavy atom. The Bertz CT molecular complexity index is 273. The van der Waals surface area contributed by atoms with Gasteiger partial charge < -0.3 is 0 Å². The second-order valence-electron chi connectivity index (χ2n) is 2.00. The second kappa shape index (κ2) is 3.93. The number of hydrogen-bond donors (Lipinski definition) is 0. The lowest BCUT2D eigenvalue weighted by molar-refractivity contribution is 0.112. The minimum atomic E-state index is 0.751. The first-order valence-corrected chi connectivity index (χ1v) is 5.08. The molecule has 0 radical (unpaired) electrons. The fourth-order valence-corrected chi connectivity index (χ4v) is 1.89. The van der Waals surface area contributed by atoms with Crippen molar-refractivity contribution < 1.29 is 4.79 Å². The molecule has 0 aliphatic carbocycles. The van der Waals surface area contributed by atoms with E-state index in [2.05, 4.69) is 15.9 Å². The van der Waals surface area contributed by atoms with Crippen LogP contribution >= 0.6 is 27.7 Å². The number of rotatable bonds is 2. The van der Waals surface area contributed by atoms with Crippen LogP contribution in [0.2, 0.25) is 0 Å². The fourth-order valence-electron chi connectivity index (χ4n) is 0.782. The fraction of sp³-hybridized carbons (Fsp3) is 0.125. The Balaban J connectivity index is 3.16. The van der Waals surface area contributed by atoms with E-state index in [9.17, 15) is 4.79 Å². The van der Waals surface area contributed by atoms with E-state index in [1.165, 1.54) is 0 Å². The molecule has 1 aromatic carbocycles. The van der Waals surface area contributed by atoms with Crippen LogP contribution in [0, 0.1) is 0 Å². The van der Waals surface area contributed by atoms with Crippen molar-refractivity contribution in [2.75, 3.05) is 6.26 Å². The minimum absolute atomic E-state index is 0.751. The molecule has 0 aliphatic rings. The maximum absolute atomic E-state index is 10.5. The number of hydrogen-bond acceptors (Lipinski definition) is 2. The SMILES string of the molecule is CSc1cc(Br)ccc1C=O. The first-order valence-electron chi connectivity index (χ1n) is 3.06. The molecule has 0 spiro atoms. The average Bonchev–Trinajstić information content (AvgIpc) is 2.04. The van der Waals surface area contributed by atoms with Crippen molar-refractivity contribution in [2.24, 2.45) is 0 Å². The van der Waals surface area contributed by atoms with E-state index in [4.69, 9.17) is 0 Å². The second-order valence-corrected chi connectivity index (χ2v) is 3.77. The predicted octanol–water partition coefficient (Wildman–Crippen LogP) is 2.98. The van der Waals surface area contributed by atoms with E-state index in [0.717, 1.165) is 21.2 Å². The summed E-state index contributed by atoms with van der Waals surface area (Å²) in [7, 11) is 0. The van der Waals surface area contributed by atoms with Gasteiger partial charge in [-0.3, -0.25) is 4.79 Å². The van der Waals surface area contributed by atoms with Crippen LogP contribution in [0.25, 0.3) is 0 Å². The van der Waals surface area contributed by atoms with Gasteiger partial charge >= 0.3 is 0 Å². The molecule has 3 heteroatoms. The summed E-state index contributed by atoms with van der Waals surface area (Å²) in [4.78, 5) is 11.5. The molecule has 0 aromatic heterocycles. The van der Waals surface area contributed by atoms with Crippen molar-refractivity contribution in [3.05, 3.63) is 28.2 Å². The highest BCUT2D eigenvalue weighted by atomic mass is 79.9. The summed E-state index contributed by atoms with van der Waals surface area (Å²) in [5.74, 6) is 0. The van der Waals surface area contributed by atoms with Gasteiger partial charge in [0.1, 0.15) is 0 Å². The molecule has 1 nitrogen and oxygen atoms in total. The molecule has 1 rings (SSSR count). The molecule has 1 aromatic rings. The van der Waals surface area contributed by atoms with Crippen LogP contribution in [-0.2, 0) is 0 Å². The van der Waals surface area contributed by atoms with Crippen molar-refractivity contribution in [3.63, 3.8) is 0 Å². The van der Waals surface area contributed by atoms with Crippen LogP contribution in [0.15, 0.2) is 27.6 Å². The number of benzene rings is 1. The lowest BCUT2D eigenvalue weighted by Gasteiger charge is -1.99. The largest absolute Gasteiger partial charge is 0.298 e. The first-order chi connectivity index (χ1) is 5.27. The highest BCUT2D eigenvalue weighted by Crippen LogP contribution is 2.23. The van der Waals surface area contributed by atoms with Crippen LogP contribution < -0.4 is 0 Å². The molecule has 0 bridgehead atoms. The molecular formula is C8H7BrOS. The Morgan fingerprint density at radius 1 is 1.55 bits per heavy atom. The van der Waals surface area contributed by atoms with E-state index >= 15 is 0 Å². The summed E-state index contributed by atoms with van der Waals surface area (Å²) >= 11 is 4.91. The lowest BCUT2D eigenvalue weighted by atomic mass is 10.2. The van der Waals surface area contributed by atoms with Crippen molar-refractivity contribution in [1.29, 1.82) is 0 Å². The van der Waals surface area contributed by atoms with Gasteiger partial charge in [-0.25, -0.2) is 0 Å². The Hall–Kier alpha value is -0.280. The molecule has 0 heterocycles. The van der Waals surface area contributed by atoms with Crippen molar-refractivity contribution in [3.8, 4) is 0 Å². The maximum atomic E-state index is 10.5. The van der Waals surface area contributed by atoms with Gasteiger partial charge in [0.15, 0.2) is 6.29 Å². The number of carbonyl (C=O) groups excluding carboxylic acids is 1. The summed E-state index contributed by atoms with van der Waals surface area (Å²) < 4.78 is 1.01. The normalized spacial score (nSPS) is 9.64. The molecule has 0 fully saturated rings. The van der Waals surface area contributed by atoms with E-state index < -0.39 is 0 Å². The van der Waals surface area contributed by atoms with Crippen molar-refractivity contribution in [1.82, 2.24) is 0 Å². The summed E-state index contributed by atoms with van der Waals surface area (Å²) in [6.07, 6.45) is 2.83. The van der Waals surface area contributed by atoms with Crippen LogP contribution in [0.5, 0.6) is 0 Å². The topological polar surface area (TPSA) is 17.1 Å². The van der Waals surface area contributed by atoms with Gasteiger partial charge in [-0.15, -0.1) is 11.8 Å². The Morgan fingerprint density at radius 3 is 2.82 bits per heavy atom. The molecule has 0 saturated heterocycles. The lowest BCUT2D eigenvalue weighted by Crippen LogP contribution is -1.83. The number of carbonyl (C=O) groups is 1. The van der Waals surface area contributed by atoms with Gasteiger partial charge in [-0.2, -0.15) is 0 Å². The van der Waals surface area contributed by atoms with E-state index in [-0.39, 0.29) is 0 Å². The first kappa shape index (κ1) is 8.81. The minimum Gasteiger partial charge on any atom is -0.298 e. The van der Waals surface area contributed by atoms with Gasteiger partial charge in [-0.05, 0) is 24.5 Å². The van der Waals surface area contributed by atoms with Gasteiger partial charge in [0.25, 0.3) is 0 Å². The number of thioether (sulfide) groups is 1. The smallest absolute Gasteiger partial charge is 0.151 e. The monoisotopic (exact) mass is 230 g/mol. The van der Waals surface area contributed by atoms with Crippen LogP contribution in [0.1, 0.15) is 10.4 Å². The summed E-state index contributed by atoms with van der Waals surface area (Å²) in [6.45, 7) is 0. The molecule has 0 aliphatic heterocycles. The third kappa shape index (κ3) is 2.07. The van der Waals surface area contributed by atoms with E-state index in [0.29, 0.717) is 0 Å². The van der Waals surface area contributed by atoms with Crippen molar-refractivity contribution >= 4 is 34.0 Å². The highest BCUT2D eigenvalue weighted by Gasteiger charge is 1.99. The van der Waals surface area contributed by atoms with Crippen molar-refractivity contribution in [2.45, 2.75) is 4.90 Å².